The SMILES string of the molecule is CC(=O)c1ccccc1NC(=O)/C=C/c1ccc(-c2ccccc2)s1. The van der Waals surface area contributed by atoms with Crippen LogP contribution in [0.15, 0.2) is 72.8 Å². The number of rotatable bonds is 5. The van der Waals surface area contributed by atoms with Crippen molar-refractivity contribution in [1.82, 2.24) is 0 Å². The molecule has 0 unspecified atom stereocenters. The number of thiophene rings is 1. The highest BCUT2D eigenvalue weighted by atomic mass is 32.1. The van der Waals surface area contributed by atoms with Crippen molar-refractivity contribution in [3.8, 4) is 10.4 Å². The van der Waals surface area contributed by atoms with E-state index >= 15 is 0 Å². The Morgan fingerprint density at radius 1 is 0.920 bits per heavy atom. The Morgan fingerprint density at radius 3 is 2.40 bits per heavy atom. The summed E-state index contributed by atoms with van der Waals surface area (Å²) in [6.07, 6.45) is 3.26. The fourth-order valence-electron chi connectivity index (χ4n) is 2.43. The van der Waals surface area contributed by atoms with Gasteiger partial charge < -0.3 is 5.32 Å². The van der Waals surface area contributed by atoms with E-state index in [4.69, 9.17) is 0 Å². The van der Waals surface area contributed by atoms with Crippen molar-refractivity contribution >= 4 is 34.8 Å². The number of hydrogen-bond donors (Lipinski definition) is 1. The summed E-state index contributed by atoms with van der Waals surface area (Å²) in [5.41, 5.74) is 2.19. The molecule has 4 heteroatoms. The van der Waals surface area contributed by atoms with Crippen molar-refractivity contribution in [2.45, 2.75) is 6.92 Å². The number of nitrogens with one attached hydrogen (secondary N) is 1. The fraction of sp³-hybridized carbons (Fsp3) is 0.0476. The van der Waals surface area contributed by atoms with Crippen LogP contribution in [0.2, 0.25) is 0 Å². The monoisotopic (exact) mass is 347 g/mol. The molecule has 124 valence electrons. The molecule has 0 radical (unpaired) electrons. The number of carbonyl (C=O) groups is 2. The number of ketones is 1. The van der Waals surface area contributed by atoms with E-state index in [9.17, 15) is 9.59 Å². The van der Waals surface area contributed by atoms with Crippen molar-refractivity contribution in [3.05, 3.63) is 83.2 Å². The van der Waals surface area contributed by atoms with Crippen LogP contribution in [0.5, 0.6) is 0 Å². The summed E-state index contributed by atoms with van der Waals surface area (Å²) in [7, 11) is 0. The summed E-state index contributed by atoms with van der Waals surface area (Å²) in [6, 6.07) is 21.1. The number of para-hydroxylation sites is 1. The second-order valence-corrected chi connectivity index (χ2v) is 6.61. The molecule has 0 aliphatic carbocycles. The minimum Gasteiger partial charge on any atom is -0.322 e. The van der Waals surface area contributed by atoms with Crippen LogP contribution in [0.3, 0.4) is 0 Å². The second-order valence-electron chi connectivity index (χ2n) is 5.49. The molecule has 1 N–H and O–H groups in total. The predicted molar refractivity (Wildman–Crippen MR) is 104 cm³/mol. The van der Waals surface area contributed by atoms with Crippen molar-refractivity contribution in [2.75, 3.05) is 5.32 Å². The lowest BCUT2D eigenvalue weighted by molar-refractivity contribution is -0.111. The molecule has 0 fully saturated rings. The molecule has 0 saturated carbocycles. The molecule has 0 bridgehead atoms. The van der Waals surface area contributed by atoms with Gasteiger partial charge in [0.25, 0.3) is 0 Å². The molecule has 0 atom stereocenters. The summed E-state index contributed by atoms with van der Waals surface area (Å²) < 4.78 is 0. The number of hydrogen-bond acceptors (Lipinski definition) is 3. The van der Waals surface area contributed by atoms with Gasteiger partial charge in [0, 0.05) is 21.4 Å². The zero-order valence-corrected chi connectivity index (χ0v) is 14.5. The van der Waals surface area contributed by atoms with Gasteiger partial charge in [-0.1, -0.05) is 42.5 Å². The van der Waals surface area contributed by atoms with Crippen molar-refractivity contribution in [2.24, 2.45) is 0 Å². The lowest BCUT2D eigenvalue weighted by Crippen LogP contribution is -2.11. The average Bonchev–Trinajstić information content (AvgIpc) is 3.10. The quantitative estimate of drug-likeness (QED) is 0.505. The Hall–Kier alpha value is -2.98. The Labute approximate surface area is 150 Å². The van der Waals surface area contributed by atoms with Crippen LogP contribution >= 0.6 is 11.3 Å². The van der Waals surface area contributed by atoms with Crippen molar-refractivity contribution in [1.29, 1.82) is 0 Å². The van der Waals surface area contributed by atoms with E-state index in [0.29, 0.717) is 11.3 Å². The topological polar surface area (TPSA) is 46.2 Å². The molecule has 3 aromatic rings. The zero-order chi connectivity index (χ0) is 17.6. The Kier molecular flexibility index (Phi) is 5.21. The van der Waals surface area contributed by atoms with Crippen LogP contribution < -0.4 is 5.32 Å². The standard InChI is InChI=1S/C21H17NO2S/c1-15(23)18-9-5-6-10-19(18)22-21(24)14-12-17-11-13-20(25-17)16-7-3-2-4-8-16/h2-14H,1H3,(H,22,24)/b14-12+. The summed E-state index contributed by atoms with van der Waals surface area (Å²) in [5, 5.41) is 2.76. The van der Waals surface area contributed by atoms with Gasteiger partial charge in [-0.15, -0.1) is 11.3 Å². The maximum absolute atomic E-state index is 12.1. The molecule has 1 amide bonds. The molecule has 1 aromatic heterocycles. The number of benzene rings is 2. The maximum atomic E-state index is 12.1. The third-order valence-corrected chi connectivity index (χ3v) is 4.75. The van der Waals surface area contributed by atoms with Crippen LogP contribution in [0.25, 0.3) is 16.5 Å². The maximum Gasteiger partial charge on any atom is 0.248 e. The molecule has 0 aliphatic rings. The minimum absolute atomic E-state index is 0.0781. The minimum atomic E-state index is -0.261. The first kappa shape index (κ1) is 16.9. The normalized spacial score (nSPS) is 10.8. The molecule has 3 nitrogen and oxygen atoms in total. The fourth-order valence-corrected chi connectivity index (χ4v) is 3.35. The van der Waals surface area contributed by atoms with Gasteiger partial charge in [0.2, 0.25) is 5.91 Å². The first-order chi connectivity index (χ1) is 12.1. The van der Waals surface area contributed by atoms with Gasteiger partial charge in [0.05, 0.1) is 5.69 Å². The van der Waals surface area contributed by atoms with Crippen LogP contribution in [0, 0.1) is 0 Å². The molecule has 2 aromatic carbocycles. The molecule has 1 heterocycles. The van der Waals surface area contributed by atoms with Gasteiger partial charge in [-0.25, -0.2) is 0 Å². The molecule has 3 rings (SSSR count). The van der Waals surface area contributed by atoms with Gasteiger partial charge in [0.1, 0.15) is 0 Å². The third kappa shape index (κ3) is 4.31. The van der Waals surface area contributed by atoms with Gasteiger partial charge in [-0.2, -0.15) is 0 Å². The van der Waals surface area contributed by atoms with Gasteiger partial charge in [-0.05, 0) is 42.8 Å². The highest BCUT2D eigenvalue weighted by Crippen LogP contribution is 2.28. The van der Waals surface area contributed by atoms with E-state index in [0.717, 1.165) is 15.3 Å². The van der Waals surface area contributed by atoms with Crippen LogP contribution in [0.1, 0.15) is 22.2 Å². The molecule has 25 heavy (non-hydrogen) atoms. The van der Waals surface area contributed by atoms with E-state index < -0.39 is 0 Å². The van der Waals surface area contributed by atoms with Gasteiger partial charge >= 0.3 is 0 Å². The number of anilines is 1. The van der Waals surface area contributed by atoms with Crippen LogP contribution in [0.4, 0.5) is 5.69 Å². The Bertz CT molecular complexity index is 926. The van der Waals surface area contributed by atoms with E-state index in [2.05, 4.69) is 17.4 Å². The average molecular weight is 347 g/mol. The Balaban J connectivity index is 1.70. The molecule has 0 saturated heterocycles. The first-order valence-corrected chi connectivity index (χ1v) is 8.69. The molecular weight excluding hydrogens is 330 g/mol. The summed E-state index contributed by atoms with van der Waals surface area (Å²) in [5.74, 6) is -0.339. The van der Waals surface area contributed by atoms with E-state index in [-0.39, 0.29) is 11.7 Å². The van der Waals surface area contributed by atoms with E-state index in [1.807, 2.05) is 30.3 Å². The largest absolute Gasteiger partial charge is 0.322 e. The first-order valence-electron chi connectivity index (χ1n) is 7.88. The van der Waals surface area contributed by atoms with Crippen molar-refractivity contribution < 1.29 is 9.59 Å². The number of amides is 1. The molecule has 0 aliphatic heterocycles. The highest BCUT2D eigenvalue weighted by Gasteiger charge is 2.08. The third-order valence-electron chi connectivity index (χ3n) is 3.65. The highest BCUT2D eigenvalue weighted by molar-refractivity contribution is 7.16. The smallest absolute Gasteiger partial charge is 0.248 e. The van der Waals surface area contributed by atoms with Gasteiger partial charge in [0.15, 0.2) is 5.78 Å². The van der Waals surface area contributed by atoms with Crippen LogP contribution in [-0.2, 0) is 4.79 Å². The zero-order valence-electron chi connectivity index (χ0n) is 13.7. The summed E-state index contributed by atoms with van der Waals surface area (Å²) >= 11 is 1.62. The Morgan fingerprint density at radius 2 is 1.64 bits per heavy atom. The van der Waals surface area contributed by atoms with E-state index in [1.54, 1.807) is 41.7 Å². The molecule has 0 spiro atoms. The van der Waals surface area contributed by atoms with Gasteiger partial charge in [-0.3, -0.25) is 9.59 Å². The lowest BCUT2D eigenvalue weighted by atomic mass is 10.1. The number of carbonyl (C=O) groups excluding carboxylic acids is 2. The van der Waals surface area contributed by atoms with Crippen LogP contribution in [-0.4, -0.2) is 11.7 Å². The lowest BCUT2D eigenvalue weighted by Gasteiger charge is -2.06. The number of Topliss-reactive ketones (excluding diaryl/α,β-unsaturated/α-hetero) is 1. The summed E-state index contributed by atoms with van der Waals surface area (Å²) in [4.78, 5) is 25.9. The summed E-state index contributed by atoms with van der Waals surface area (Å²) in [6.45, 7) is 1.48. The van der Waals surface area contributed by atoms with Crippen molar-refractivity contribution in [3.63, 3.8) is 0 Å². The molecular formula is C21H17NO2S. The second kappa shape index (κ2) is 7.73. The predicted octanol–water partition coefficient (Wildman–Crippen LogP) is 5.27. The van der Waals surface area contributed by atoms with E-state index in [1.165, 1.54) is 13.0 Å².